The molecule has 0 saturated carbocycles. The first-order chi connectivity index (χ1) is 27.8. The highest BCUT2D eigenvalue weighted by molar-refractivity contribution is 6.10. The predicted molar refractivity (Wildman–Crippen MR) is 230 cm³/mol. The minimum absolute atomic E-state index is 0.666. The van der Waals surface area contributed by atoms with Gasteiger partial charge in [0, 0.05) is 67.6 Å². The van der Waals surface area contributed by atoms with Crippen LogP contribution in [-0.4, -0.2) is 24.1 Å². The topological polar surface area (TPSA) is 48.5 Å². The quantitative estimate of drug-likeness (QED) is 0.172. The molecule has 0 spiro atoms. The Bertz CT molecular complexity index is 3010. The zero-order valence-electron chi connectivity index (χ0n) is 30.3. The number of pyridine rings is 1. The van der Waals surface area contributed by atoms with Gasteiger partial charge in [0.2, 0.25) is 0 Å². The Morgan fingerprint density at radius 2 is 0.804 bits per heavy atom. The molecule has 7 aromatic carbocycles. The molecule has 0 aliphatic carbocycles. The Morgan fingerprint density at radius 1 is 0.339 bits per heavy atom. The molecular weight excluding hydrogens is 683 g/mol. The fraction of sp³-hybridized carbons (Fsp3) is 0. The third kappa shape index (κ3) is 5.21. The summed E-state index contributed by atoms with van der Waals surface area (Å²) in [6.45, 7) is 0. The lowest BCUT2D eigenvalue weighted by atomic mass is 9.97. The summed E-state index contributed by atoms with van der Waals surface area (Å²) in [4.78, 5) is 15.0. The molecule has 0 fully saturated rings. The van der Waals surface area contributed by atoms with Gasteiger partial charge in [0.05, 0.1) is 33.5 Å². The molecule has 4 heterocycles. The van der Waals surface area contributed by atoms with Crippen LogP contribution in [0.4, 0.5) is 0 Å². The van der Waals surface area contributed by atoms with Crippen LogP contribution in [-0.2, 0) is 0 Å². The molecule has 0 bridgehead atoms. The second-order valence-corrected chi connectivity index (χ2v) is 14.1. The Labute approximate surface area is 323 Å². The number of aromatic nitrogens is 5. The van der Waals surface area contributed by atoms with Crippen molar-refractivity contribution in [1.82, 2.24) is 24.1 Å². The van der Waals surface area contributed by atoms with Gasteiger partial charge in [0.1, 0.15) is 0 Å². The summed E-state index contributed by atoms with van der Waals surface area (Å²) in [5.41, 5.74) is 13.4. The molecule has 0 aliphatic rings. The number of para-hydroxylation sites is 4. The maximum Gasteiger partial charge on any atom is 0.160 e. The lowest BCUT2D eigenvalue weighted by Crippen LogP contribution is -2.02. The van der Waals surface area contributed by atoms with E-state index in [4.69, 9.17) is 9.97 Å². The number of hydrogen-bond acceptors (Lipinski definition) is 3. The van der Waals surface area contributed by atoms with E-state index in [2.05, 4.69) is 178 Å². The minimum Gasteiger partial charge on any atom is -0.309 e. The van der Waals surface area contributed by atoms with Crippen molar-refractivity contribution in [3.05, 3.63) is 200 Å². The van der Waals surface area contributed by atoms with Gasteiger partial charge in [-0.2, -0.15) is 0 Å². The van der Waals surface area contributed by atoms with Gasteiger partial charge in [-0.25, -0.2) is 9.97 Å². The number of fused-ring (bicyclic) bond motifs is 6. The highest BCUT2D eigenvalue weighted by atomic mass is 15.0. The van der Waals surface area contributed by atoms with Crippen molar-refractivity contribution in [2.75, 3.05) is 0 Å². The van der Waals surface area contributed by atoms with Crippen LogP contribution < -0.4 is 0 Å². The van der Waals surface area contributed by atoms with Crippen LogP contribution in [0.5, 0.6) is 0 Å². The van der Waals surface area contributed by atoms with Crippen LogP contribution >= 0.6 is 0 Å². The van der Waals surface area contributed by atoms with E-state index in [1.54, 1.807) is 6.20 Å². The second-order valence-electron chi connectivity index (χ2n) is 14.1. The highest BCUT2D eigenvalue weighted by Crippen LogP contribution is 2.39. The summed E-state index contributed by atoms with van der Waals surface area (Å²) < 4.78 is 4.78. The molecule has 4 aromatic heterocycles. The minimum atomic E-state index is 0.666. The first kappa shape index (κ1) is 31.9. The second kappa shape index (κ2) is 13.0. The Morgan fingerprint density at radius 3 is 1.34 bits per heavy atom. The first-order valence-corrected chi connectivity index (χ1v) is 18.9. The highest BCUT2D eigenvalue weighted by Gasteiger charge is 2.19. The van der Waals surface area contributed by atoms with E-state index in [9.17, 15) is 0 Å². The summed E-state index contributed by atoms with van der Waals surface area (Å²) in [5, 5.41) is 4.87. The molecule has 0 unspecified atom stereocenters. The van der Waals surface area contributed by atoms with Gasteiger partial charge < -0.3 is 9.13 Å². The zero-order valence-corrected chi connectivity index (χ0v) is 30.3. The van der Waals surface area contributed by atoms with Gasteiger partial charge in [-0.15, -0.1) is 0 Å². The van der Waals surface area contributed by atoms with Gasteiger partial charge in [-0.3, -0.25) is 4.98 Å². The average Bonchev–Trinajstić information content (AvgIpc) is 3.80. The van der Waals surface area contributed by atoms with E-state index in [-0.39, 0.29) is 0 Å². The van der Waals surface area contributed by atoms with Crippen molar-refractivity contribution >= 4 is 43.6 Å². The summed E-state index contributed by atoms with van der Waals surface area (Å²) in [6, 6.07) is 66.5. The number of rotatable bonds is 6. The Hall–Kier alpha value is -7.63. The van der Waals surface area contributed by atoms with Crippen LogP contribution in [0, 0.1) is 0 Å². The predicted octanol–water partition coefficient (Wildman–Crippen LogP) is 12.7. The van der Waals surface area contributed by atoms with Gasteiger partial charge >= 0.3 is 0 Å². The molecule has 0 saturated heterocycles. The Balaban J connectivity index is 1.23. The molecule has 262 valence electrons. The largest absolute Gasteiger partial charge is 0.309 e. The summed E-state index contributed by atoms with van der Waals surface area (Å²) in [6.07, 6.45) is 3.72. The van der Waals surface area contributed by atoms with E-state index in [1.807, 2.05) is 30.5 Å². The van der Waals surface area contributed by atoms with Crippen molar-refractivity contribution in [2.24, 2.45) is 0 Å². The van der Waals surface area contributed by atoms with Crippen LogP contribution in [0.2, 0.25) is 0 Å². The van der Waals surface area contributed by atoms with E-state index < -0.39 is 0 Å². The van der Waals surface area contributed by atoms with Crippen molar-refractivity contribution in [2.45, 2.75) is 0 Å². The van der Waals surface area contributed by atoms with E-state index in [0.29, 0.717) is 5.82 Å². The van der Waals surface area contributed by atoms with Crippen molar-refractivity contribution in [3.63, 3.8) is 0 Å². The van der Waals surface area contributed by atoms with Crippen LogP contribution in [0.1, 0.15) is 0 Å². The van der Waals surface area contributed by atoms with Gasteiger partial charge in [-0.05, 0) is 60.2 Å². The molecule has 0 amide bonds. The van der Waals surface area contributed by atoms with Crippen molar-refractivity contribution < 1.29 is 0 Å². The van der Waals surface area contributed by atoms with Crippen LogP contribution in [0.25, 0.3) is 100 Å². The molecule has 0 radical (unpaired) electrons. The fourth-order valence-electron chi connectivity index (χ4n) is 8.33. The average molecular weight is 716 g/mol. The summed E-state index contributed by atoms with van der Waals surface area (Å²) in [7, 11) is 0. The van der Waals surface area contributed by atoms with Crippen LogP contribution in [0.3, 0.4) is 0 Å². The SMILES string of the molecule is c1ccc(-c2nc(-c3cc(-n4c5ccccc5c5ccccc54)cc(-n4c5ccccc5c5ccccc54)c3)cc(-c3ccccc3-c3cccnc3)n2)cc1. The smallest absolute Gasteiger partial charge is 0.160 e. The molecule has 11 aromatic rings. The monoisotopic (exact) mass is 715 g/mol. The molecule has 0 N–H and O–H groups in total. The number of hydrogen-bond donors (Lipinski definition) is 0. The molecular formula is C51H33N5. The van der Waals surface area contributed by atoms with Crippen LogP contribution in [0.15, 0.2) is 200 Å². The molecule has 0 atom stereocenters. The lowest BCUT2D eigenvalue weighted by molar-refractivity contribution is 1.13. The fourth-order valence-corrected chi connectivity index (χ4v) is 8.33. The standard InChI is InChI=1S/C51H33N5/c1-2-15-34(16-3-1)51-53-45(32-46(54-51)40-19-5-4-18-39(40)35-17-14-28-52-33-35)36-29-37(55-47-24-10-6-20-41(47)42-21-7-11-25-48(42)55)31-38(30-36)56-49-26-12-8-22-43(49)44-23-9-13-27-50(44)56/h1-33H. The zero-order chi connectivity index (χ0) is 37.0. The normalized spacial score (nSPS) is 11.6. The van der Waals surface area contributed by atoms with E-state index in [0.717, 1.165) is 72.6 Å². The molecule has 0 aliphatic heterocycles. The van der Waals surface area contributed by atoms with E-state index >= 15 is 0 Å². The van der Waals surface area contributed by atoms with Crippen molar-refractivity contribution in [1.29, 1.82) is 0 Å². The Kier molecular flexibility index (Phi) is 7.42. The van der Waals surface area contributed by atoms with Gasteiger partial charge in [-0.1, -0.05) is 133 Å². The molecule has 5 nitrogen and oxygen atoms in total. The summed E-state index contributed by atoms with van der Waals surface area (Å²) >= 11 is 0. The molecule has 11 rings (SSSR count). The maximum atomic E-state index is 5.35. The first-order valence-electron chi connectivity index (χ1n) is 18.9. The number of nitrogens with zero attached hydrogens (tertiary/aromatic N) is 5. The lowest BCUT2D eigenvalue weighted by Gasteiger charge is -2.17. The number of benzene rings is 7. The molecule has 56 heavy (non-hydrogen) atoms. The van der Waals surface area contributed by atoms with Gasteiger partial charge in [0.15, 0.2) is 5.82 Å². The van der Waals surface area contributed by atoms with Crippen molar-refractivity contribution in [3.8, 4) is 56.4 Å². The van der Waals surface area contributed by atoms with E-state index in [1.165, 1.54) is 21.5 Å². The third-order valence-electron chi connectivity index (χ3n) is 10.8. The van der Waals surface area contributed by atoms with Gasteiger partial charge in [0.25, 0.3) is 0 Å². The molecule has 5 heteroatoms. The maximum absolute atomic E-state index is 5.35. The third-order valence-corrected chi connectivity index (χ3v) is 10.8. The summed E-state index contributed by atoms with van der Waals surface area (Å²) in [5.74, 6) is 0.666.